The van der Waals surface area contributed by atoms with Crippen molar-refractivity contribution in [3.05, 3.63) is 102 Å². The van der Waals surface area contributed by atoms with Crippen molar-refractivity contribution in [3.63, 3.8) is 0 Å². The lowest BCUT2D eigenvalue weighted by molar-refractivity contribution is -0.114. The molecule has 0 atom stereocenters. The highest BCUT2D eigenvalue weighted by atomic mass is 19.1. The Morgan fingerprint density at radius 3 is 2.14 bits per heavy atom. The first kappa shape index (κ1) is 28.2. The van der Waals surface area contributed by atoms with Crippen LogP contribution in [0.4, 0.5) is 10.1 Å². The fraction of sp³-hybridized carbons (Fsp3) is 0.235. The molecule has 1 aliphatic rings. The van der Waals surface area contributed by atoms with Crippen LogP contribution in [0.3, 0.4) is 0 Å². The van der Waals surface area contributed by atoms with E-state index in [0.717, 1.165) is 11.1 Å². The van der Waals surface area contributed by atoms with Crippen molar-refractivity contribution in [2.45, 2.75) is 32.6 Å². The van der Waals surface area contributed by atoms with Crippen LogP contribution in [-0.2, 0) is 28.3 Å². The summed E-state index contributed by atoms with van der Waals surface area (Å²) in [5.74, 6) is -0.129. The lowest BCUT2D eigenvalue weighted by Gasteiger charge is -2.41. The molecule has 5 aromatic rings. The number of nitrogens with one attached hydrogen (secondary N) is 1. The van der Waals surface area contributed by atoms with Crippen molar-refractivity contribution in [3.8, 4) is 28.6 Å². The molecule has 0 aliphatic carbocycles. The van der Waals surface area contributed by atoms with Crippen LogP contribution in [0.1, 0.15) is 25.0 Å². The minimum atomic E-state index is -0.638. The molecule has 1 saturated heterocycles. The van der Waals surface area contributed by atoms with Gasteiger partial charge in [-0.2, -0.15) is 0 Å². The van der Waals surface area contributed by atoms with Crippen LogP contribution in [0, 0.1) is 5.82 Å². The number of fused-ring (bicyclic) bond motifs is 1. The third-order valence-electron chi connectivity index (χ3n) is 7.41. The van der Waals surface area contributed by atoms with Crippen LogP contribution in [0.2, 0.25) is 0 Å². The van der Waals surface area contributed by atoms with Crippen LogP contribution in [0.25, 0.3) is 22.4 Å². The number of carbonyl (C=O) groups excluding carboxylic acids is 1. The molecule has 0 spiro atoms. The molecule has 4 aromatic carbocycles. The molecule has 43 heavy (non-hydrogen) atoms. The van der Waals surface area contributed by atoms with E-state index >= 15 is 4.39 Å². The molecule has 9 heteroatoms. The molecule has 0 radical (unpaired) electrons. The lowest BCUT2D eigenvalue weighted by atomic mass is 9.98. The summed E-state index contributed by atoms with van der Waals surface area (Å²) < 4.78 is 42.5. The summed E-state index contributed by atoms with van der Waals surface area (Å²) in [6.07, 6.45) is 0. The van der Waals surface area contributed by atoms with E-state index in [4.69, 9.17) is 23.9 Å². The van der Waals surface area contributed by atoms with Gasteiger partial charge in [0.25, 0.3) is 0 Å². The Morgan fingerprint density at radius 1 is 0.953 bits per heavy atom. The summed E-state index contributed by atoms with van der Waals surface area (Å²) in [4.78, 5) is 17.0. The highest BCUT2D eigenvalue weighted by Crippen LogP contribution is 2.47. The summed E-state index contributed by atoms with van der Waals surface area (Å²) in [6, 6.07) is 26.2. The van der Waals surface area contributed by atoms with E-state index in [-0.39, 0.29) is 36.2 Å². The van der Waals surface area contributed by atoms with Gasteiger partial charge >= 0.3 is 0 Å². The van der Waals surface area contributed by atoms with Crippen LogP contribution in [0.5, 0.6) is 17.2 Å². The van der Waals surface area contributed by atoms with Crippen molar-refractivity contribution in [2.75, 3.05) is 25.6 Å². The molecule has 8 nitrogen and oxygen atoms in total. The predicted octanol–water partition coefficient (Wildman–Crippen LogP) is 6.71. The summed E-state index contributed by atoms with van der Waals surface area (Å²) in [5.41, 5.74) is 3.26. The Morgan fingerprint density at radius 2 is 1.58 bits per heavy atom. The highest BCUT2D eigenvalue weighted by Gasteiger charge is 2.40. The van der Waals surface area contributed by atoms with E-state index in [1.165, 1.54) is 14.0 Å². The second kappa shape index (κ2) is 11.8. The number of benzene rings is 4. The quantitative estimate of drug-likeness (QED) is 0.197. The Hall–Kier alpha value is -4.89. The normalized spacial score (nSPS) is 13.8. The highest BCUT2D eigenvalue weighted by molar-refractivity contribution is 6.00. The van der Waals surface area contributed by atoms with Gasteiger partial charge in [0.15, 0.2) is 11.6 Å². The number of para-hydroxylation sites is 1. The van der Waals surface area contributed by atoms with Gasteiger partial charge in [-0.3, -0.25) is 4.79 Å². The SMILES string of the molecule is COc1cc(-c2nc3cccc(NC(C)=O)c3n2C2(C)COC2)c(F)c(OCc2ccccc2)c1OCc1ccccc1. The van der Waals surface area contributed by atoms with Gasteiger partial charge in [-0.1, -0.05) is 66.7 Å². The average molecular weight is 582 g/mol. The van der Waals surface area contributed by atoms with E-state index in [9.17, 15) is 4.79 Å². The van der Waals surface area contributed by atoms with Gasteiger partial charge in [-0.25, -0.2) is 9.37 Å². The van der Waals surface area contributed by atoms with Crippen molar-refractivity contribution < 1.29 is 28.1 Å². The molecule has 1 aromatic heterocycles. The number of amides is 1. The number of rotatable bonds is 10. The summed E-state index contributed by atoms with van der Waals surface area (Å²) in [6.45, 7) is 4.56. The molecule has 0 bridgehead atoms. The number of hydrogen-bond acceptors (Lipinski definition) is 6. The minimum Gasteiger partial charge on any atom is -0.493 e. The second-order valence-electron chi connectivity index (χ2n) is 10.8. The van der Waals surface area contributed by atoms with E-state index in [1.54, 1.807) is 18.2 Å². The number of nitrogens with zero attached hydrogens (tertiary/aromatic N) is 2. The molecule has 220 valence electrons. The molecule has 1 N–H and O–H groups in total. The van der Waals surface area contributed by atoms with Gasteiger partial charge in [0.1, 0.15) is 19.0 Å². The van der Waals surface area contributed by atoms with Crippen molar-refractivity contribution in [2.24, 2.45) is 0 Å². The summed E-state index contributed by atoms with van der Waals surface area (Å²) >= 11 is 0. The Bertz CT molecular complexity index is 1770. The zero-order chi connectivity index (χ0) is 30.0. The summed E-state index contributed by atoms with van der Waals surface area (Å²) in [7, 11) is 1.51. The topological polar surface area (TPSA) is 83.8 Å². The third-order valence-corrected chi connectivity index (χ3v) is 7.41. The van der Waals surface area contributed by atoms with Gasteiger partial charge in [0.05, 0.1) is 48.1 Å². The number of methoxy groups -OCH3 is 1. The lowest BCUT2D eigenvalue weighted by Crippen LogP contribution is -2.49. The van der Waals surface area contributed by atoms with Crippen molar-refractivity contribution >= 4 is 22.6 Å². The number of aromatic nitrogens is 2. The van der Waals surface area contributed by atoms with Crippen LogP contribution >= 0.6 is 0 Å². The van der Waals surface area contributed by atoms with Gasteiger partial charge < -0.3 is 28.8 Å². The molecule has 1 amide bonds. The molecule has 2 heterocycles. The largest absolute Gasteiger partial charge is 0.493 e. The zero-order valence-electron chi connectivity index (χ0n) is 24.2. The minimum absolute atomic E-state index is 0.0789. The van der Waals surface area contributed by atoms with Crippen molar-refractivity contribution in [1.82, 2.24) is 9.55 Å². The molecule has 1 fully saturated rings. The van der Waals surface area contributed by atoms with Gasteiger partial charge in [0, 0.05) is 6.92 Å². The van der Waals surface area contributed by atoms with Gasteiger partial charge in [-0.05, 0) is 36.2 Å². The number of halogens is 1. The van der Waals surface area contributed by atoms with Crippen molar-refractivity contribution in [1.29, 1.82) is 0 Å². The maximum atomic E-state index is 16.9. The molecule has 0 unspecified atom stereocenters. The number of hydrogen-bond donors (Lipinski definition) is 1. The molecule has 6 rings (SSSR count). The third kappa shape index (κ3) is 5.51. The van der Waals surface area contributed by atoms with Crippen LogP contribution in [-0.4, -0.2) is 35.8 Å². The molecular weight excluding hydrogens is 549 g/mol. The molecular formula is C34H32FN3O5. The van der Waals surface area contributed by atoms with E-state index in [0.29, 0.717) is 41.5 Å². The first-order valence-electron chi connectivity index (χ1n) is 14.0. The maximum absolute atomic E-state index is 16.9. The van der Waals surface area contributed by atoms with Gasteiger partial charge in [0.2, 0.25) is 17.4 Å². The maximum Gasteiger partial charge on any atom is 0.221 e. The predicted molar refractivity (Wildman–Crippen MR) is 162 cm³/mol. The van der Waals surface area contributed by atoms with E-state index in [2.05, 4.69) is 5.32 Å². The monoisotopic (exact) mass is 581 g/mol. The first-order chi connectivity index (χ1) is 20.9. The smallest absolute Gasteiger partial charge is 0.221 e. The average Bonchev–Trinajstić information content (AvgIpc) is 3.40. The zero-order valence-corrected chi connectivity index (χ0v) is 24.2. The van der Waals surface area contributed by atoms with Gasteiger partial charge in [-0.15, -0.1) is 0 Å². The molecule has 0 saturated carbocycles. The molecule has 1 aliphatic heterocycles. The Balaban J connectivity index is 1.53. The first-order valence-corrected chi connectivity index (χ1v) is 14.0. The second-order valence-corrected chi connectivity index (χ2v) is 10.8. The Kier molecular flexibility index (Phi) is 7.73. The number of imidazole rings is 1. The van der Waals surface area contributed by atoms with Crippen LogP contribution in [0.15, 0.2) is 84.9 Å². The van der Waals surface area contributed by atoms with E-state index < -0.39 is 11.4 Å². The summed E-state index contributed by atoms with van der Waals surface area (Å²) in [5, 5.41) is 2.90. The fourth-order valence-electron chi connectivity index (χ4n) is 5.28. The standard InChI is InChI=1S/C34H32FN3O5/c1-22(39)36-26-15-10-16-27-30(26)38(34(2)20-41-21-34)33(37-27)25-17-28(40-3)31(42-18-23-11-6-4-7-12-23)32(29(25)35)43-19-24-13-8-5-9-14-24/h4-17H,18-21H2,1-3H3,(H,36,39). The van der Waals surface area contributed by atoms with Crippen LogP contribution < -0.4 is 19.5 Å². The number of anilines is 1. The number of ether oxygens (including phenoxy) is 4. The van der Waals surface area contributed by atoms with E-state index in [1.807, 2.05) is 78.2 Å². The fourth-order valence-corrected chi connectivity index (χ4v) is 5.28. The Labute approximate surface area is 249 Å². The number of carbonyl (C=O) groups is 1.